The van der Waals surface area contributed by atoms with E-state index in [1.807, 2.05) is 0 Å². The van der Waals surface area contributed by atoms with Crippen LogP contribution in [-0.4, -0.2) is 63.2 Å². The average Bonchev–Trinajstić information content (AvgIpc) is 3.29. The lowest BCUT2D eigenvalue weighted by atomic mass is 10.0. The van der Waals surface area contributed by atoms with Crippen LogP contribution in [0.5, 0.6) is 0 Å². The fourth-order valence-electron chi connectivity index (χ4n) is 4.16. The van der Waals surface area contributed by atoms with Gasteiger partial charge >= 0.3 is 6.18 Å². The summed E-state index contributed by atoms with van der Waals surface area (Å²) in [5, 5.41) is 0. The molecule has 0 bridgehead atoms. The van der Waals surface area contributed by atoms with Crippen molar-refractivity contribution < 1.29 is 36.0 Å². The van der Waals surface area contributed by atoms with Crippen LogP contribution in [0.1, 0.15) is 36.2 Å². The second-order valence-electron chi connectivity index (χ2n) is 8.49. The highest BCUT2D eigenvalue weighted by Gasteiger charge is 2.41. The number of aromatic nitrogens is 2. The number of rotatable bonds is 5. The van der Waals surface area contributed by atoms with Gasteiger partial charge in [-0.15, -0.1) is 0 Å². The fourth-order valence-corrected chi connectivity index (χ4v) is 4.16. The molecule has 1 saturated heterocycles. The van der Waals surface area contributed by atoms with Gasteiger partial charge in [-0.1, -0.05) is 0 Å². The minimum atomic E-state index is -4.71. The second kappa shape index (κ2) is 8.93. The molecule has 0 aromatic carbocycles. The highest BCUT2D eigenvalue weighted by molar-refractivity contribution is 5.78. The van der Waals surface area contributed by atoms with Crippen LogP contribution in [-0.2, 0) is 28.7 Å². The van der Waals surface area contributed by atoms with Crippen molar-refractivity contribution in [2.45, 2.75) is 50.4 Å². The number of nitrogens with zero attached hydrogens (tertiary/aromatic N) is 4. The first kappa shape index (κ1) is 24.0. The summed E-state index contributed by atoms with van der Waals surface area (Å²) in [4.78, 5) is 34.9. The molecule has 2 aliphatic heterocycles. The average molecular weight is 487 g/mol. The predicted octanol–water partition coefficient (Wildman–Crippen LogP) is 2.62. The molecule has 1 fully saturated rings. The third kappa shape index (κ3) is 5.18. The van der Waals surface area contributed by atoms with E-state index in [2.05, 4.69) is 9.97 Å². The second-order valence-corrected chi connectivity index (χ2v) is 8.49. The maximum atomic E-state index is 13.6. The quantitative estimate of drug-likeness (QED) is 0.651. The molecule has 13 heteroatoms. The van der Waals surface area contributed by atoms with Crippen LogP contribution in [0.3, 0.4) is 0 Å². The zero-order chi connectivity index (χ0) is 24.7. The molecule has 4 heterocycles. The number of amides is 2. The molecule has 0 saturated carbocycles. The first-order chi connectivity index (χ1) is 15.9. The Balaban J connectivity index is 1.47. The minimum absolute atomic E-state index is 0.00321. The van der Waals surface area contributed by atoms with E-state index in [1.54, 1.807) is 0 Å². The number of alkyl halides is 5. The maximum absolute atomic E-state index is 13.6. The Morgan fingerprint density at radius 2 is 2.03 bits per heavy atom. The highest BCUT2D eigenvalue weighted by Crippen LogP contribution is 2.35. The predicted molar refractivity (Wildman–Crippen MR) is 107 cm³/mol. The fraction of sp³-hybridized carbons (Fsp3) is 0.524. The minimum Gasteiger partial charge on any atom is -0.472 e. The van der Waals surface area contributed by atoms with Crippen LogP contribution in [0.15, 0.2) is 23.0 Å². The van der Waals surface area contributed by atoms with Gasteiger partial charge in [-0.2, -0.15) is 13.2 Å². The summed E-state index contributed by atoms with van der Waals surface area (Å²) in [6.07, 6.45) is -3.38. The summed E-state index contributed by atoms with van der Waals surface area (Å²) < 4.78 is 73.1. The third-order valence-corrected chi connectivity index (χ3v) is 5.84. The van der Waals surface area contributed by atoms with Crippen LogP contribution in [0.25, 0.3) is 11.4 Å². The first-order valence-electron chi connectivity index (χ1n) is 10.6. The van der Waals surface area contributed by atoms with Crippen LogP contribution in [0, 0.1) is 0 Å². The van der Waals surface area contributed by atoms with E-state index >= 15 is 0 Å². The molecule has 0 unspecified atom stereocenters. The molecule has 4 rings (SSSR count). The van der Waals surface area contributed by atoms with Gasteiger partial charge in [0.15, 0.2) is 11.5 Å². The zero-order valence-corrected chi connectivity index (χ0v) is 17.9. The molecule has 2 amide bonds. The number of carbonyl (C=O) groups excluding carboxylic acids is 2. The summed E-state index contributed by atoms with van der Waals surface area (Å²) in [6.45, 7) is -1.15. The highest BCUT2D eigenvalue weighted by atomic mass is 19.4. The van der Waals surface area contributed by atoms with Crippen molar-refractivity contribution in [2.24, 2.45) is 5.73 Å². The molecule has 0 aliphatic carbocycles. The molecular formula is C21H22F5N5O3. The number of likely N-dealkylation sites (tertiary alicyclic amines) is 1. The van der Waals surface area contributed by atoms with Gasteiger partial charge in [-0.05, 0) is 12.5 Å². The van der Waals surface area contributed by atoms with Crippen LogP contribution < -0.4 is 5.73 Å². The Morgan fingerprint density at radius 3 is 2.71 bits per heavy atom. The van der Waals surface area contributed by atoms with E-state index < -0.39 is 48.6 Å². The van der Waals surface area contributed by atoms with Crippen molar-refractivity contribution >= 4 is 11.8 Å². The maximum Gasteiger partial charge on any atom is 0.433 e. The van der Waals surface area contributed by atoms with Gasteiger partial charge < -0.3 is 20.0 Å². The van der Waals surface area contributed by atoms with E-state index in [1.165, 1.54) is 23.5 Å². The summed E-state index contributed by atoms with van der Waals surface area (Å²) >= 11 is 0. The lowest BCUT2D eigenvalue weighted by molar-refractivity contribution is -0.148. The molecule has 8 nitrogen and oxygen atoms in total. The number of carbonyl (C=O) groups is 2. The Labute approximate surface area is 190 Å². The Kier molecular flexibility index (Phi) is 6.32. The molecule has 0 spiro atoms. The van der Waals surface area contributed by atoms with E-state index in [0.717, 1.165) is 4.90 Å². The van der Waals surface area contributed by atoms with Gasteiger partial charge in [0.1, 0.15) is 6.26 Å². The summed E-state index contributed by atoms with van der Waals surface area (Å²) in [5.74, 6) is -4.10. The number of fused-ring (bicyclic) bond motifs is 1. The van der Waals surface area contributed by atoms with E-state index in [0.29, 0.717) is 0 Å². The Hall–Kier alpha value is -3.09. The van der Waals surface area contributed by atoms with Crippen molar-refractivity contribution in [3.8, 4) is 11.4 Å². The van der Waals surface area contributed by atoms with Gasteiger partial charge in [0.2, 0.25) is 11.8 Å². The van der Waals surface area contributed by atoms with Crippen LogP contribution >= 0.6 is 0 Å². The number of hydrogen-bond donors (Lipinski definition) is 1. The smallest absolute Gasteiger partial charge is 0.433 e. The van der Waals surface area contributed by atoms with Crippen molar-refractivity contribution in [3.05, 3.63) is 35.5 Å². The Morgan fingerprint density at radius 1 is 1.26 bits per heavy atom. The lowest BCUT2D eigenvalue weighted by Gasteiger charge is -2.34. The largest absolute Gasteiger partial charge is 0.472 e. The van der Waals surface area contributed by atoms with Gasteiger partial charge in [-0.25, -0.2) is 18.7 Å². The van der Waals surface area contributed by atoms with Crippen molar-refractivity contribution in [3.63, 3.8) is 0 Å². The first-order valence-corrected chi connectivity index (χ1v) is 10.6. The SMILES string of the molecule is N[C@@H](CC(=O)N1CCc2c(nc(-c3ccoc3)nc2C(F)(F)F)C1)CN1CC(F)(F)CCC1=O. The molecule has 2 aromatic heterocycles. The number of furan rings is 1. The van der Waals surface area contributed by atoms with Crippen LogP contribution in [0.4, 0.5) is 22.0 Å². The van der Waals surface area contributed by atoms with Crippen LogP contribution in [0.2, 0.25) is 0 Å². The molecule has 34 heavy (non-hydrogen) atoms. The van der Waals surface area contributed by atoms with E-state index in [9.17, 15) is 31.5 Å². The normalized spacial score (nSPS) is 19.2. The summed E-state index contributed by atoms with van der Waals surface area (Å²) in [5.41, 5.74) is 5.16. The molecule has 2 aliphatic rings. The van der Waals surface area contributed by atoms with Gasteiger partial charge in [0, 0.05) is 44.0 Å². The zero-order valence-electron chi connectivity index (χ0n) is 17.9. The molecule has 184 valence electrons. The van der Waals surface area contributed by atoms with Crippen molar-refractivity contribution in [1.29, 1.82) is 0 Å². The van der Waals surface area contributed by atoms with Gasteiger partial charge in [-0.3, -0.25) is 9.59 Å². The summed E-state index contributed by atoms with van der Waals surface area (Å²) in [6, 6.07) is 0.530. The number of nitrogens with two attached hydrogens (primary N) is 1. The topological polar surface area (TPSA) is 106 Å². The molecular weight excluding hydrogens is 465 g/mol. The van der Waals surface area contributed by atoms with Crippen molar-refractivity contribution in [1.82, 2.24) is 19.8 Å². The van der Waals surface area contributed by atoms with Gasteiger partial charge in [0.05, 0.1) is 30.6 Å². The monoisotopic (exact) mass is 487 g/mol. The molecule has 1 atom stereocenters. The number of piperidine rings is 1. The van der Waals surface area contributed by atoms with E-state index in [4.69, 9.17) is 10.2 Å². The third-order valence-electron chi connectivity index (χ3n) is 5.84. The van der Waals surface area contributed by atoms with Gasteiger partial charge in [0.25, 0.3) is 5.92 Å². The standard InChI is InChI=1S/C21H22F5N5O3/c22-20(23)4-1-16(32)31(11-20)8-13(27)7-17(33)30-5-2-14-15(9-30)28-19(12-3-6-34-10-12)29-18(14)21(24,25)26/h3,6,10,13H,1-2,4-5,7-9,11,27H2/t13-/m0/s1. The number of halogens is 5. The summed E-state index contributed by atoms with van der Waals surface area (Å²) in [7, 11) is 0. The molecule has 2 N–H and O–H groups in total. The van der Waals surface area contributed by atoms with Crippen molar-refractivity contribution in [2.75, 3.05) is 19.6 Å². The molecule has 0 radical (unpaired) electrons. The van der Waals surface area contributed by atoms with E-state index in [-0.39, 0.29) is 61.5 Å². The Bertz CT molecular complexity index is 1070. The molecule has 2 aromatic rings. The lowest BCUT2D eigenvalue weighted by Crippen LogP contribution is -2.51. The number of hydrogen-bond acceptors (Lipinski definition) is 6.